The third-order valence-electron chi connectivity index (χ3n) is 1.96. The summed E-state index contributed by atoms with van der Waals surface area (Å²) < 4.78 is 72.3. The van der Waals surface area contributed by atoms with Gasteiger partial charge in [0.2, 0.25) is 0 Å². The highest BCUT2D eigenvalue weighted by atomic mass is 32.2. The first kappa shape index (κ1) is 17.1. The van der Waals surface area contributed by atoms with Gasteiger partial charge < -0.3 is 13.7 Å². The number of halogens is 3. The average molecular weight is 328 g/mol. The number of hydrogen-bond acceptors (Lipinski definition) is 6. The van der Waals surface area contributed by atoms with E-state index in [1.165, 1.54) is 6.07 Å². The van der Waals surface area contributed by atoms with Gasteiger partial charge in [0.25, 0.3) is 0 Å². The smallest absolute Gasteiger partial charge is 0.494 e. The summed E-state index contributed by atoms with van der Waals surface area (Å²) in [6.07, 6.45) is 0. The van der Waals surface area contributed by atoms with E-state index in [9.17, 15) is 26.4 Å². The van der Waals surface area contributed by atoms with E-state index in [1.807, 2.05) is 0 Å². The molecule has 0 aromatic heterocycles. The number of ether oxygens (including phenoxy) is 2. The maximum absolute atomic E-state index is 12.3. The molecule has 1 aromatic carbocycles. The summed E-state index contributed by atoms with van der Waals surface area (Å²) in [5.41, 5.74) is -5.60. The molecule has 0 bridgehead atoms. The molecular formula is C11H11F3O6S. The molecule has 0 spiro atoms. The lowest BCUT2D eigenvalue weighted by molar-refractivity contribution is -0.131. The highest BCUT2D eigenvalue weighted by Crippen LogP contribution is 2.35. The molecule has 0 amide bonds. The van der Waals surface area contributed by atoms with Gasteiger partial charge in [0.05, 0.1) is 6.61 Å². The molecule has 0 atom stereocenters. The summed E-state index contributed by atoms with van der Waals surface area (Å²) in [4.78, 5) is 10.9. The van der Waals surface area contributed by atoms with E-state index in [0.717, 1.165) is 19.1 Å². The first-order chi connectivity index (χ1) is 9.56. The highest BCUT2D eigenvalue weighted by Gasteiger charge is 2.49. The molecule has 0 heterocycles. The van der Waals surface area contributed by atoms with Gasteiger partial charge in [-0.05, 0) is 19.1 Å². The molecule has 0 saturated heterocycles. The van der Waals surface area contributed by atoms with Crippen molar-refractivity contribution in [2.24, 2.45) is 0 Å². The summed E-state index contributed by atoms with van der Waals surface area (Å²) in [6.45, 7) is 2.90. The van der Waals surface area contributed by atoms with Crippen molar-refractivity contribution in [3.8, 4) is 17.2 Å². The van der Waals surface area contributed by atoms with Crippen molar-refractivity contribution in [1.29, 1.82) is 0 Å². The van der Waals surface area contributed by atoms with Crippen LogP contribution in [0, 0.1) is 0 Å². The number of rotatable bonds is 5. The monoisotopic (exact) mass is 328 g/mol. The van der Waals surface area contributed by atoms with Gasteiger partial charge in [-0.15, -0.1) is 0 Å². The molecule has 1 rings (SSSR count). The second-order valence-electron chi connectivity index (χ2n) is 3.62. The molecule has 0 saturated carbocycles. The molecule has 1 aromatic rings. The lowest BCUT2D eigenvalue weighted by Gasteiger charge is -2.13. The molecule has 21 heavy (non-hydrogen) atoms. The summed E-state index contributed by atoms with van der Waals surface area (Å²) in [5, 5.41) is 0. The minimum absolute atomic E-state index is 0.172. The summed E-state index contributed by atoms with van der Waals surface area (Å²) in [7, 11) is -5.87. The summed E-state index contributed by atoms with van der Waals surface area (Å²) >= 11 is 0. The zero-order valence-electron chi connectivity index (χ0n) is 10.9. The maximum Gasteiger partial charge on any atom is 0.534 e. The SMILES string of the molecule is CCOc1ccc(OS(=O)(=O)C(F)(F)F)c(OC(C)=O)c1. The minimum Gasteiger partial charge on any atom is -0.494 e. The van der Waals surface area contributed by atoms with Crippen LogP contribution in [0.4, 0.5) is 13.2 Å². The Morgan fingerprint density at radius 3 is 2.33 bits per heavy atom. The van der Waals surface area contributed by atoms with Crippen LogP contribution in [0.3, 0.4) is 0 Å². The van der Waals surface area contributed by atoms with Crippen LogP contribution in [0.5, 0.6) is 17.2 Å². The fourth-order valence-electron chi connectivity index (χ4n) is 1.21. The third-order valence-corrected chi connectivity index (χ3v) is 2.93. The minimum atomic E-state index is -5.87. The Balaban J connectivity index is 3.20. The summed E-state index contributed by atoms with van der Waals surface area (Å²) in [6, 6.07) is 3.12. The van der Waals surface area contributed by atoms with Crippen molar-refractivity contribution in [3.05, 3.63) is 18.2 Å². The van der Waals surface area contributed by atoms with Gasteiger partial charge >= 0.3 is 21.6 Å². The normalized spacial score (nSPS) is 11.9. The largest absolute Gasteiger partial charge is 0.534 e. The van der Waals surface area contributed by atoms with Crippen LogP contribution in [0.25, 0.3) is 0 Å². The van der Waals surface area contributed by atoms with Crippen LogP contribution < -0.4 is 13.7 Å². The van der Waals surface area contributed by atoms with E-state index in [4.69, 9.17) is 4.74 Å². The van der Waals surface area contributed by atoms with E-state index in [0.29, 0.717) is 0 Å². The van der Waals surface area contributed by atoms with Gasteiger partial charge in [-0.25, -0.2) is 0 Å². The van der Waals surface area contributed by atoms with Gasteiger partial charge in [-0.2, -0.15) is 21.6 Å². The Bertz CT molecular complexity index is 623. The van der Waals surface area contributed by atoms with Crippen LogP contribution >= 0.6 is 0 Å². The molecule has 0 aliphatic rings. The van der Waals surface area contributed by atoms with Crippen molar-refractivity contribution in [1.82, 2.24) is 0 Å². The zero-order valence-corrected chi connectivity index (χ0v) is 11.7. The molecule has 118 valence electrons. The number of alkyl halides is 3. The van der Waals surface area contributed by atoms with Crippen LogP contribution in [-0.2, 0) is 14.9 Å². The molecular weight excluding hydrogens is 317 g/mol. The van der Waals surface area contributed by atoms with Crippen LogP contribution in [0.1, 0.15) is 13.8 Å². The van der Waals surface area contributed by atoms with Crippen LogP contribution in [0.15, 0.2) is 18.2 Å². The maximum atomic E-state index is 12.3. The Hall–Kier alpha value is -1.97. The third kappa shape index (κ3) is 4.52. The Labute approximate surface area is 118 Å². The lowest BCUT2D eigenvalue weighted by Crippen LogP contribution is -2.28. The van der Waals surface area contributed by atoms with Gasteiger partial charge in [0, 0.05) is 13.0 Å². The van der Waals surface area contributed by atoms with Crippen molar-refractivity contribution >= 4 is 16.1 Å². The fourth-order valence-corrected chi connectivity index (χ4v) is 1.68. The molecule has 0 aliphatic carbocycles. The average Bonchev–Trinajstić information content (AvgIpc) is 2.30. The molecule has 6 nitrogen and oxygen atoms in total. The predicted molar refractivity (Wildman–Crippen MR) is 64.5 cm³/mol. The van der Waals surface area contributed by atoms with Crippen molar-refractivity contribution in [2.75, 3.05) is 6.61 Å². The van der Waals surface area contributed by atoms with Gasteiger partial charge in [0.15, 0.2) is 11.5 Å². The molecule has 0 fully saturated rings. The first-order valence-corrected chi connectivity index (χ1v) is 6.93. The van der Waals surface area contributed by atoms with Gasteiger partial charge in [-0.1, -0.05) is 0 Å². The van der Waals surface area contributed by atoms with Gasteiger partial charge in [-0.3, -0.25) is 4.79 Å². The Morgan fingerprint density at radius 2 is 1.86 bits per heavy atom. The number of esters is 1. The number of benzene rings is 1. The summed E-state index contributed by atoms with van der Waals surface area (Å²) in [5.74, 6) is -1.96. The zero-order chi connectivity index (χ0) is 16.3. The van der Waals surface area contributed by atoms with Crippen LogP contribution in [0.2, 0.25) is 0 Å². The van der Waals surface area contributed by atoms with Crippen LogP contribution in [-0.4, -0.2) is 26.5 Å². The molecule has 0 radical (unpaired) electrons. The van der Waals surface area contributed by atoms with E-state index < -0.39 is 33.1 Å². The molecule has 10 heteroatoms. The van der Waals surface area contributed by atoms with Crippen molar-refractivity contribution < 1.29 is 40.0 Å². The van der Waals surface area contributed by atoms with Gasteiger partial charge in [0.1, 0.15) is 5.75 Å². The highest BCUT2D eigenvalue weighted by molar-refractivity contribution is 7.88. The second-order valence-corrected chi connectivity index (χ2v) is 5.16. The van der Waals surface area contributed by atoms with E-state index >= 15 is 0 Å². The quantitative estimate of drug-likeness (QED) is 0.357. The standard InChI is InChI=1S/C11H11F3O6S/c1-3-18-8-4-5-9(10(6-8)19-7(2)15)20-21(16,17)11(12,13)14/h4-6H,3H2,1-2H3. The lowest BCUT2D eigenvalue weighted by atomic mass is 10.3. The number of carbonyl (C=O) groups is 1. The molecule has 0 unspecified atom stereocenters. The van der Waals surface area contributed by atoms with E-state index in [2.05, 4.69) is 8.92 Å². The fraction of sp³-hybridized carbons (Fsp3) is 0.364. The van der Waals surface area contributed by atoms with E-state index in [-0.39, 0.29) is 12.4 Å². The Morgan fingerprint density at radius 1 is 1.24 bits per heavy atom. The molecule has 0 aliphatic heterocycles. The Kier molecular flexibility index (Phi) is 5.05. The van der Waals surface area contributed by atoms with E-state index in [1.54, 1.807) is 6.92 Å². The predicted octanol–water partition coefficient (Wildman–Crippen LogP) is 2.24. The second kappa shape index (κ2) is 6.20. The molecule has 0 N–H and O–H groups in total. The number of hydrogen-bond donors (Lipinski definition) is 0. The number of carbonyl (C=O) groups excluding carboxylic acids is 1. The van der Waals surface area contributed by atoms with Crippen molar-refractivity contribution in [3.63, 3.8) is 0 Å². The first-order valence-electron chi connectivity index (χ1n) is 5.53. The topological polar surface area (TPSA) is 78.9 Å². The van der Waals surface area contributed by atoms with Crippen molar-refractivity contribution in [2.45, 2.75) is 19.4 Å².